The minimum atomic E-state index is -8.54. The molecule has 0 bridgehead atoms. The molecule has 0 aromatic heterocycles. The Morgan fingerprint density at radius 1 is 0.520 bits per heavy atom. The van der Waals surface area contributed by atoms with Gasteiger partial charge in [0.1, 0.15) is 0 Å². The van der Waals surface area contributed by atoms with Gasteiger partial charge in [-0.3, -0.25) is 4.79 Å². The van der Waals surface area contributed by atoms with Gasteiger partial charge in [0.25, 0.3) is 5.91 Å². The van der Waals surface area contributed by atoms with Gasteiger partial charge in [-0.1, -0.05) is 0 Å². The summed E-state index contributed by atoms with van der Waals surface area (Å²) in [6.45, 7) is 0. The maximum absolute atomic E-state index is 13.0. The normalized spacial score (nSPS) is 16.1. The first-order valence-electron chi connectivity index (χ1n) is 5.08. The van der Waals surface area contributed by atoms with Gasteiger partial charge in [-0.15, -0.1) is 0 Å². The molecule has 0 aliphatic rings. The molecule has 0 saturated heterocycles. The molecule has 2 nitrogen and oxygen atoms in total. The van der Waals surface area contributed by atoms with Crippen LogP contribution in [0.15, 0.2) is 0 Å². The number of alkyl halides is 15. The highest BCUT2D eigenvalue weighted by Gasteiger charge is 2.96. The van der Waals surface area contributed by atoms with E-state index in [-0.39, 0.29) is 0 Å². The van der Waals surface area contributed by atoms with Gasteiger partial charge in [0.15, 0.2) is 0 Å². The molecule has 0 aromatic rings. The molecule has 1 amide bonds. The second-order valence-corrected chi connectivity index (χ2v) is 4.32. The number of primary amides is 1. The fourth-order valence-electron chi connectivity index (χ4n) is 1.28. The van der Waals surface area contributed by atoms with Crippen molar-refractivity contribution < 1.29 is 70.7 Å². The number of hydrogen-bond acceptors (Lipinski definition) is 1. The van der Waals surface area contributed by atoms with Gasteiger partial charge < -0.3 is 5.73 Å². The third kappa shape index (κ3) is 2.74. The SMILES string of the molecule is NC(=O)C(F)(F)C(F)(F)C(F)(F)C(F)(F)C(F)(C(F)(F)F)C(F)(F)F. The molecule has 0 heterocycles. The van der Waals surface area contributed by atoms with E-state index in [0.29, 0.717) is 0 Å². The lowest BCUT2D eigenvalue weighted by Crippen LogP contribution is -2.76. The minimum absolute atomic E-state index is 3.49. The number of halogens is 15. The van der Waals surface area contributed by atoms with E-state index in [9.17, 15) is 70.7 Å². The lowest BCUT2D eigenvalue weighted by molar-refractivity contribution is -0.454. The molecule has 0 unspecified atom stereocenters. The highest BCUT2D eigenvalue weighted by atomic mass is 19.4. The van der Waals surface area contributed by atoms with Crippen LogP contribution in [0.4, 0.5) is 65.9 Å². The van der Waals surface area contributed by atoms with Gasteiger partial charge >= 0.3 is 41.7 Å². The molecular weight excluding hydrogens is 411 g/mol. The molecule has 0 saturated carbocycles. The van der Waals surface area contributed by atoms with Crippen molar-refractivity contribution in [2.75, 3.05) is 0 Å². The van der Waals surface area contributed by atoms with Crippen LogP contribution in [-0.2, 0) is 4.79 Å². The Balaban J connectivity index is 6.80. The van der Waals surface area contributed by atoms with Gasteiger partial charge in [0.05, 0.1) is 0 Å². The summed E-state index contributed by atoms with van der Waals surface area (Å²) >= 11 is 0. The van der Waals surface area contributed by atoms with E-state index in [1.807, 2.05) is 0 Å². The summed E-state index contributed by atoms with van der Waals surface area (Å²) < 4.78 is 188. The van der Waals surface area contributed by atoms with E-state index in [1.54, 1.807) is 0 Å². The van der Waals surface area contributed by atoms with Crippen molar-refractivity contribution in [3.63, 3.8) is 0 Å². The second kappa shape index (κ2) is 5.46. The lowest BCUT2D eigenvalue weighted by Gasteiger charge is -2.42. The van der Waals surface area contributed by atoms with Crippen molar-refractivity contribution in [2.24, 2.45) is 5.73 Å². The Bertz CT molecular complexity index is 515. The predicted molar refractivity (Wildman–Crippen MR) is 44.9 cm³/mol. The monoisotopic (exact) mass is 413 g/mol. The third-order valence-electron chi connectivity index (χ3n) is 2.71. The Morgan fingerprint density at radius 2 is 0.800 bits per heavy atom. The maximum Gasteiger partial charge on any atom is 0.438 e. The lowest BCUT2D eigenvalue weighted by atomic mass is 9.85. The molecule has 25 heavy (non-hydrogen) atoms. The molecule has 0 radical (unpaired) electrons. The molecule has 0 aliphatic carbocycles. The zero-order chi connectivity index (χ0) is 21.1. The first-order valence-corrected chi connectivity index (χ1v) is 5.08. The van der Waals surface area contributed by atoms with Crippen molar-refractivity contribution in [3.8, 4) is 0 Å². The summed E-state index contributed by atoms with van der Waals surface area (Å²) in [6, 6.07) is 0. The average Bonchev–Trinajstić information content (AvgIpc) is 2.33. The Morgan fingerprint density at radius 3 is 1.00 bits per heavy atom. The summed E-state index contributed by atoms with van der Waals surface area (Å²) in [5, 5.41) is 0. The van der Waals surface area contributed by atoms with Gasteiger partial charge in [0.2, 0.25) is 0 Å². The van der Waals surface area contributed by atoms with Crippen LogP contribution in [0, 0.1) is 0 Å². The fraction of sp³-hybridized carbons (Fsp3) is 0.875. The van der Waals surface area contributed by atoms with Crippen LogP contribution in [0.2, 0.25) is 0 Å². The maximum atomic E-state index is 13.0. The first-order chi connectivity index (χ1) is 10.4. The first kappa shape index (κ1) is 23.4. The Kier molecular flexibility index (Phi) is 5.11. The molecule has 0 spiro atoms. The quantitative estimate of drug-likeness (QED) is 0.685. The molecule has 0 aromatic carbocycles. The molecule has 150 valence electrons. The molecule has 0 aliphatic heterocycles. The van der Waals surface area contributed by atoms with Crippen LogP contribution >= 0.6 is 0 Å². The van der Waals surface area contributed by atoms with Crippen molar-refractivity contribution in [2.45, 2.75) is 41.7 Å². The zero-order valence-electron chi connectivity index (χ0n) is 10.7. The highest BCUT2D eigenvalue weighted by molar-refractivity contribution is 5.83. The smallest absolute Gasteiger partial charge is 0.364 e. The average molecular weight is 413 g/mol. The van der Waals surface area contributed by atoms with Gasteiger partial charge in [-0.25, -0.2) is 4.39 Å². The number of nitrogens with two attached hydrogens (primary N) is 1. The van der Waals surface area contributed by atoms with E-state index in [0.717, 1.165) is 0 Å². The Labute approximate surface area is 125 Å². The predicted octanol–water partition coefficient (Wildman–Crippen LogP) is 3.85. The molecule has 0 rings (SSSR count). The van der Waals surface area contributed by atoms with Crippen molar-refractivity contribution in [1.82, 2.24) is 0 Å². The molecule has 0 atom stereocenters. The molecule has 2 N–H and O–H groups in total. The largest absolute Gasteiger partial charge is 0.438 e. The highest BCUT2D eigenvalue weighted by Crippen LogP contribution is 2.63. The van der Waals surface area contributed by atoms with Gasteiger partial charge in [-0.05, 0) is 0 Å². The number of amides is 1. The van der Waals surface area contributed by atoms with E-state index in [1.165, 1.54) is 0 Å². The Hall–Kier alpha value is -1.58. The van der Waals surface area contributed by atoms with Gasteiger partial charge in [-0.2, -0.15) is 61.5 Å². The van der Waals surface area contributed by atoms with E-state index in [4.69, 9.17) is 0 Å². The number of carbonyl (C=O) groups is 1. The summed E-state index contributed by atoms with van der Waals surface area (Å²) in [5.41, 5.74) is -4.89. The summed E-state index contributed by atoms with van der Waals surface area (Å²) in [5.74, 6) is -35.7. The van der Waals surface area contributed by atoms with Crippen LogP contribution in [0.1, 0.15) is 0 Å². The zero-order valence-corrected chi connectivity index (χ0v) is 10.7. The topological polar surface area (TPSA) is 43.1 Å². The minimum Gasteiger partial charge on any atom is -0.364 e. The van der Waals surface area contributed by atoms with Gasteiger partial charge in [0, 0.05) is 0 Å². The summed E-state index contributed by atoms with van der Waals surface area (Å²) in [4.78, 5) is 9.96. The van der Waals surface area contributed by atoms with Crippen molar-refractivity contribution in [1.29, 1.82) is 0 Å². The van der Waals surface area contributed by atoms with E-state index >= 15 is 0 Å². The molecule has 0 fully saturated rings. The van der Waals surface area contributed by atoms with Crippen LogP contribution in [-0.4, -0.2) is 47.6 Å². The standard InChI is InChI=1S/C8H2F15NO/c9-2(10,1(24)25)4(12,13)6(16,17)5(14,15)3(11,7(18,19)20)8(21,22)23/h(H2,24,25). The van der Waals surface area contributed by atoms with Crippen LogP contribution in [0.5, 0.6) is 0 Å². The van der Waals surface area contributed by atoms with Crippen LogP contribution < -0.4 is 5.73 Å². The fourth-order valence-corrected chi connectivity index (χ4v) is 1.28. The van der Waals surface area contributed by atoms with E-state index in [2.05, 4.69) is 5.73 Å². The molecular formula is C8H2F15NO. The van der Waals surface area contributed by atoms with Crippen molar-refractivity contribution in [3.05, 3.63) is 0 Å². The number of carbonyl (C=O) groups excluding carboxylic acids is 1. The summed E-state index contributed by atoms with van der Waals surface area (Å²) in [6.07, 6.45) is -16.0. The third-order valence-corrected chi connectivity index (χ3v) is 2.71. The number of rotatable bonds is 5. The van der Waals surface area contributed by atoms with Crippen LogP contribution in [0.3, 0.4) is 0 Å². The van der Waals surface area contributed by atoms with Crippen molar-refractivity contribution >= 4 is 5.91 Å². The second-order valence-electron chi connectivity index (χ2n) is 4.32. The van der Waals surface area contributed by atoms with E-state index < -0.39 is 47.6 Å². The van der Waals surface area contributed by atoms with Crippen LogP contribution in [0.25, 0.3) is 0 Å². The summed E-state index contributed by atoms with van der Waals surface area (Å²) in [7, 11) is 0. The number of hydrogen-bond donors (Lipinski definition) is 1. The molecule has 17 heteroatoms.